The summed E-state index contributed by atoms with van der Waals surface area (Å²) in [5.74, 6) is -0.638. The van der Waals surface area contributed by atoms with Crippen LogP contribution in [0, 0.1) is 0 Å². The van der Waals surface area contributed by atoms with Gasteiger partial charge < -0.3 is 5.11 Å². The zero-order valence-corrected chi connectivity index (χ0v) is 10.4. The van der Waals surface area contributed by atoms with Gasteiger partial charge in [0.05, 0.1) is 12.6 Å². The van der Waals surface area contributed by atoms with Crippen LogP contribution in [0.2, 0.25) is 0 Å². The summed E-state index contributed by atoms with van der Waals surface area (Å²) >= 11 is 0. The van der Waals surface area contributed by atoms with Crippen molar-refractivity contribution >= 4 is 11.8 Å². The Morgan fingerprint density at radius 2 is 1.56 bits per heavy atom. The van der Waals surface area contributed by atoms with Crippen LogP contribution in [0.5, 0.6) is 0 Å². The van der Waals surface area contributed by atoms with Gasteiger partial charge >= 0.3 is 0 Å². The maximum atomic E-state index is 12.0. The molecule has 1 N–H and O–H groups in total. The maximum absolute atomic E-state index is 12.0. The Labute approximate surface area is 106 Å². The zero-order valence-electron chi connectivity index (χ0n) is 10.4. The Kier molecular flexibility index (Phi) is 3.30. The number of rotatable bonds is 3. The van der Waals surface area contributed by atoms with Gasteiger partial charge in [0.25, 0.3) is 11.8 Å². The summed E-state index contributed by atoms with van der Waals surface area (Å²) in [6.07, 6.45) is 0. The van der Waals surface area contributed by atoms with Crippen molar-refractivity contribution in [1.82, 2.24) is 4.90 Å². The molecule has 1 aliphatic rings. The summed E-state index contributed by atoms with van der Waals surface area (Å²) in [6.45, 7) is 2.99. The molecular formula is C14H15NO3. The van der Waals surface area contributed by atoms with Crippen molar-refractivity contribution in [1.29, 1.82) is 0 Å². The molecular weight excluding hydrogens is 230 g/mol. The van der Waals surface area contributed by atoms with Gasteiger partial charge in [0.15, 0.2) is 0 Å². The maximum Gasteiger partial charge on any atom is 0.257 e. The Morgan fingerprint density at radius 1 is 1.06 bits per heavy atom. The van der Waals surface area contributed by atoms with Crippen molar-refractivity contribution in [2.75, 3.05) is 6.61 Å². The molecule has 0 bridgehead atoms. The van der Waals surface area contributed by atoms with Gasteiger partial charge in [-0.15, -0.1) is 0 Å². The molecule has 0 saturated heterocycles. The van der Waals surface area contributed by atoms with Gasteiger partial charge in [0, 0.05) is 11.1 Å². The van der Waals surface area contributed by atoms with Crippen LogP contribution in [0.3, 0.4) is 0 Å². The monoisotopic (exact) mass is 245 g/mol. The Hall–Kier alpha value is -1.94. The minimum Gasteiger partial charge on any atom is -0.394 e. The van der Waals surface area contributed by atoms with Crippen molar-refractivity contribution < 1.29 is 14.7 Å². The van der Waals surface area contributed by atoms with Crippen molar-refractivity contribution in [3.05, 3.63) is 47.0 Å². The van der Waals surface area contributed by atoms with Crippen molar-refractivity contribution in [2.45, 2.75) is 19.9 Å². The van der Waals surface area contributed by atoms with Gasteiger partial charge in [0.2, 0.25) is 0 Å². The quantitative estimate of drug-likeness (QED) is 0.819. The molecule has 1 heterocycles. The summed E-state index contributed by atoms with van der Waals surface area (Å²) in [6, 6.07) is 8.46. The molecule has 4 heteroatoms. The molecule has 0 fully saturated rings. The van der Waals surface area contributed by atoms with E-state index >= 15 is 0 Å². The van der Waals surface area contributed by atoms with Crippen LogP contribution in [0.4, 0.5) is 0 Å². The molecule has 18 heavy (non-hydrogen) atoms. The molecule has 94 valence electrons. The first-order chi connectivity index (χ1) is 8.57. The smallest absolute Gasteiger partial charge is 0.257 e. The first-order valence-corrected chi connectivity index (χ1v) is 5.79. The van der Waals surface area contributed by atoms with Crippen LogP contribution in [-0.2, 0) is 9.59 Å². The average molecular weight is 245 g/mol. The third-order valence-corrected chi connectivity index (χ3v) is 3.31. The van der Waals surface area contributed by atoms with Crippen LogP contribution >= 0.6 is 0 Å². The second kappa shape index (κ2) is 4.74. The lowest BCUT2D eigenvalue weighted by molar-refractivity contribution is -0.141. The van der Waals surface area contributed by atoms with Crippen molar-refractivity contribution in [2.24, 2.45) is 0 Å². The van der Waals surface area contributed by atoms with Crippen LogP contribution in [0.25, 0.3) is 0 Å². The molecule has 1 atom stereocenters. The highest BCUT2D eigenvalue weighted by atomic mass is 16.3. The van der Waals surface area contributed by atoms with Gasteiger partial charge in [-0.1, -0.05) is 30.3 Å². The van der Waals surface area contributed by atoms with E-state index in [1.165, 1.54) is 0 Å². The topological polar surface area (TPSA) is 57.6 Å². The molecule has 1 aromatic carbocycles. The van der Waals surface area contributed by atoms with E-state index < -0.39 is 6.04 Å². The average Bonchev–Trinajstić information content (AvgIpc) is 2.59. The predicted octanol–water partition coefficient (Wildman–Crippen LogP) is 1.43. The Morgan fingerprint density at radius 3 is 2.00 bits per heavy atom. The molecule has 4 nitrogen and oxygen atoms in total. The lowest BCUT2D eigenvalue weighted by atomic mass is 10.1. The summed E-state index contributed by atoms with van der Waals surface area (Å²) in [5, 5.41) is 9.48. The van der Waals surface area contributed by atoms with Gasteiger partial charge in [-0.2, -0.15) is 0 Å². The highest BCUT2D eigenvalue weighted by Gasteiger charge is 2.38. The Bertz CT molecular complexity index is 495. The van der Waals surface area contributed by atoms with E-state index in [4.69, 9.17) is 0 Å². The van der Waals surface area contributed by atoms with Gasteiger partial charge in [-0.25, -0.2) is 0 Å². The lowest BCUT2D eigenvalue weighted by Crippen LogP contribution is -2.37. The third kappa shape index (κ3) is 1.84. The summed E-state index contributed by atoms with van der Waals surface area (Å²) in [7, 11) is 0. The minimum absolute atomic E-state index is 0.276. The molecule has 2 amide bonds. The van der Waals surface area contributed by atoms with E-state index in [9.17, 15) is 14.7 Å². The SMILES string of the molecule is CC1=C(C)C(=O)N([C@H](CO)c2ccccc2)C1=O. The molecule has 2 rings (SSSR count). The number of hydrogen-bond acceptors (Lipinski definition) is 3. The second-order valence-corrected chi connectivity index (χ2v) is 4.34. The van der Waals surface area contributed by atoms with Crippen molar-refractivity contribution in [3.63, 3.8) is 0 Å². The predicted molar refractivity (Wildman–Crippen MR) is 66.5 cm³/mol. The van der Waals surface area contributed by atoms with E-state index in [2.05, 4.69) is 0 Å². The number of hydrogen-bond donors (Lipinski definition) is 1. The standard InChI is InChI=1S/C14H15NO3/c1-9-10(2)14(18)15(13(9)17)12(8-16)11-6-4-3-5-7-11/h3-7,12,16H,8H2,1-2H3/t12-/m1/s1. The van der Waals surface area contributed by atoms with E-state index in [1.54, 1.807) is 26.0 Å². The zero-order chi connectivity index (χ0) is 13.3. The Balaban J connectivity index is 2.37. The minimum atomic E-state index is -0.612. The number of amides is 2. The summed E-state index contributed by atoms with van der Waals surface area (Å²) in [5.41, 5.74) is 1.66. The molecule has 0 spiro atoms. The molecule has 1 aromatic rings. The number of aliphatic hydroxyl groups excluding tert-OH is 1. The van der Waals surface area contributed by atoms with E-state index in [0.717, 1.165) is 10.5 Å². The second-order valence-electron chi connectivity index (χ2n) is 4.34. The number of benzene rings is 1. The fourth-order valence-electron chi connectivity index (χ4n) is 2.07. The first-order valence-electron chi connectivity index (χ1n) is 5.79. The van der Waals surface area contributed by atoms with Gasteiger partial charge in [-0.05, 0) is 19.4 Å². The third-order valence-electron chi connectivity index (χ3n) is 3.31. The molecule has 0 aliphatic carbocycles. The largest absolute Gasteiger partial charge is 0.394 e. The number of carbonyl (C=O) groups excluding carboxylic acids is 2. The fourth-order valence-corrected chi connectivity index (χ4v) is 2.07. The van der Waals surface area contributed by atoms with Gasteiger partial charge in [0.1, 0.15) is 0 Å². The van der Waals surface area contributed by atoms with Crippen LogP contribution in [0.1, 0.15) is 25.5 Å². The van der Waals surface area contributed by atoms with Crippen LogP contribution in [-0.4, -0.2) is 28.4 Å². The van der Waals surface area contributed by atoms with E-state index in [0.29, 0.717) is 11.1 Å². The summed E-state index contributed by atoms with van der Waals surface area (Å²) in [4.78, 5) is 25.2. The number of carbonyl (C=O) groups is 2. The first kappa shape index (κ1) is 12.5. The van der Waals surface area contributed by atoms with Crippen LogP contribution in [0.15, 0.2) is 41.5 Å². The number of imide groups is 1. The molecule has 0 saturated carbocycles. The van der Waals surface area contributed by atoms with Gasteiger partial charge in [-0.3, -0.25) is 14.5 Å². The summed E-state index contributed by atoms with van der Waals surface area (Å²) < 4.78 is 0. The number of nitrogens with zero attached hydrogens (tertiary/aromatic N) is 1. The molecule has 1 aliphatic heterocycles. The molecule has 0 unspecified atom stereocenters. The normalized spacial score (nSPS) is 17.6. The molecule has 0 aromatic heterocycles. The fraction of sp³-hybridized carbons (Fsp3) is 0.286. The highest BCUT2D eigenvalue weighted by molar-refractivity contribution is 6.19. The molecule has 0 radical (unpaired) electrons. The van der Waals surface area contributed by atoms with Crippen molar-refractivity contribution in [3.8, 4) is 0 Å². The van der Waals surface area contributed by atoms with E-state index in [1.807, 2.05) is 18.2 Å². The lowest BCUT2D eigenvalue weighted by Gasteiger charge is -2.25. The highest BCUT2D eigenvalue weighted by Crippen LogP contribution is 2.29. The van der Waals surface area contributed by atoms with E-state index in [-0.39, 0.29) is 18.4 Å². The van der Waals surface area contributed by atoms with Crippen LogP contribution < -0.4 is 0 Å². The number of aliphatic hydroxyl groups is 1.